The molecule has 0 aliphatic carbocycles. The normalized spacial score (nSPS) is 8.00. The van der Waals surface area contributed by atoms with Crippen molar-refractivity contribution >= 4 is 5.69 Å². The molecule has 0 aromatic heterocycles. The van der Waals surface area contributed by atoms with E-state index in [9.17, 15) is 0 Å². The largest absolute Gasteiger partial charge is 0.399 e. The van der Waals surface area contributed by atoms with E-state index >= 15 is 0 Å². The Morgan fingerprint density at radius 1 is 1.45 bits per heavy atom. The molecule has 1 aromatic carbocycles. The molecule has 1 heteroatoms. The third-order valence-electron chi connectivity index (χ3n) is 1.21. The summed E-state index contributed by atoms with van der Waals surface area (Å²) in [4.78, 5) is 0. The zero-order valence-corrected chi connectivity index (χ0v) is 6.17. The van der Waals surface area contributed by atoms with Crippen LogP contribution in [0.2, 0.25) is 0 Å². The number of nitrogen functional groups attached to an aromatic ring is 1. The minimum atomic E-state index is 0.737. The number of allylic oxidation sites excluding steroid dienone is 1. The molecule has 11 heavy (non-hydrogen) atoms. The van der Waals surface area contributed by atoms with Gasteiger partial charge in [0.25, 0.3) is 0 Å². The van der Waals surface area contributed by atoms with Gasteiger partial charge in [-0.3, -0.25) is 0 Å². The lowest BCUT2D eigenvalue weighted by Gasteiger charge is -1.91. The Labute approximate surface area is 66.5 Å². The van der Waals surface area contributed by atoms with Crippen molar-refractivity contribution in [1.82, 2.24) is 0 Å². The van der Waals surface area contributed by atoms with Gasteiger partial charge in [-0.05, 0) is 24.3 Å². The lowest BCUT2D eigenvalue weighted by Crippen LogP contribution is -1.83. The van der Waals surface area contributed by atoms with Gasteiger partial charge < -0.3 is 5.73 Å². The molecule has 1 aromatic rings. The van der Waals surface area contributed by atoms with Crippen molar-refractivity contribution in [2.45, 2.75) is 0 Å². The van der Waals surface area contributed by atoms with Crippen LogP contribution in [0.25, 0.3) is 0 Å². The molecule has 0 atom stereocenters. The topological polar surface area (TPSA) is 26.0 Å². The summed E-state index contributed by atoms with van der Waals surface area (Å²) < 4.78 is 0. The average molecular weight is 143 g/mol. The van der Waals surface area contributed by atoms with Gasteiger partial charge in [-0.25, -0.2) is 0 Å². The fraction of sp³-hybridized carbons (Fsp3) is 0. The molecule has 0 saturated heterocycles. The highest BCUT2D eigenvalue weighted by molar-refractivity contribution is 5.47. The predicted octanol–water partition coefficient (Wildman–Crippen LogP) is 1.81. The predicted molar refractivity (Wildman–Crippen MR) is 47.9 cm³/mol. The van der Waals surface area contributed by atoms with Crippen LogP contribution in [0, 0.1) is 11.8 Å². The van der Waals surface area contributed by atoms with Crippen LogP contribution in [-0.4, -0.2) is 0 Å². The molecule has 0 amide bonds. The summed E-state index contributed by atoms with van der Waals surface area (Å²) >= 11 is 0. The van der Waals surface area contributed by atoms with E-state index in [1.165, 1.54) is 0 Å². The number of hydrogen-bond acceptors (Lipinski definition) is 1. The molecule has 0 heterocycles. The molecule has 0 spiro atoms. The van der Waals surface area contributed by atoms with Crippen molar-refractivity contribution in [3.63, 3.8) is 0 Å². The van der Waals surface area contributed by atoms with Gasteiger partial charge in [-0.2, -0.15) is 0 Å². The number of rotatable bonds is 0. The maximum Gasteiger partial charge on any atom is 0.0326 e. The molecular formula is C10H9N. The van der Waals surface area contributed by atoms with Gasteiger partial charge in [-0.15, -0.1) is 0 Å². The SMILES string of the molecule is C=CC#Cc1cccc(N)c1. The molecule has 1 rings (SSSR count). The molecule has 0 aliphatic rings. The highest BCUT2D eigenvalue weighted by atomic mass is 14.5. The van der Waals surface area contributed by atoms with E-state index in [1.54, 1.807) is 6.08 Å². The molecule has 1 nitrogen and oxygen atoms in total. The van der Waals surface area contributed by atoms with Crippen LogP contribution in [0.4, 0.5) is 5.69 Å². The Morgan fingerprint density at radius 3 is 2.91 bits per heavy atom. The molecule has 0 aliphatic heterocycles. The first-order valence-corrected chi connectivity index (χ1v) is 3.31. The van der Waals surface area contributed by atoms with E-state index in [0.29, 0.717) is 0 Å². The Bertz CT molecular complexity index is 315. The van der Waals surface area contributed by atoms with Gasteiger partial charge in [0.2, 0.25) is 0 Å². The van der Waals surface area contributed by atoms with Crippen LogP contribution in [0.15, 0.2) is 36.9 Å². The minimum Gasteiger partial charge on any atom is -0.399 e. The zero-order valence-electron chi connectivity index (χ0n) is 6.17. The fourth-order valence-electron chi connectivity index (χ4n) is 0.751. The van der Waals surface area contributed by atoms with Crippen LogP contribution in [0.3, 0.4) is 0 Å². The Kier molecular flexibility index (Phi) is 2.35. The number of hydrogen-bond donors (Lipinski definition) is 1. The van der Waals surface area contributed by atoms with E-state index in [1.807, 2.05) is 24.3 Å². The monoisotopic (exact) mass is 143 g/mol. The van der Waals surface area contributed by atoms with Gasteiger partial charge in [0.05, 0.1) is 0 Å². The van der Waals surface area contributed by atoms with Crippen LogP contribution in [-0.2, 0) is 0 Å². The van der Waals surface area contributed by atoms with E-state index in [0.717, 1.165) is 11.3 Å². The standard InChI is InChI=1S/C10H9N/c1-2-3-5-9-6-4-7-10(11)8-9/h2,4,6-8H,1,11H2. The molecule has 54 valence electrons. The maximum atomic E-state index is 5.54. The van der Waals surface area contributed by atoms with Crippen LogP contribution in [0.5, 0.6) is 0 Å². The Morgan fingerprint density at radius 2 is 2.27 bits per heavy atom. The fourth-order valence-corrected chi connectivity index (χ4v) is 0.751. The minimum absolute atomic E-state index is 0.737. The first kappa shape index (κ1) is 7.43. The van der Waals surface area contributed by atoms with Gasteiger partial charge in [0.1, 0.15) is 0 Å². The Balaban J connectivity index is 2.96. The lowest BCUT2D eigenvalue weighted by molar-refractivity contribution is 1.63. The lowest BCUT2D eigenvalue weighted by atomic mass is 10.2. The second kappa shape index (κ2) is 3.48. The van der Waals surface area contributed by atoms with E-state index < -0.39 is 0 Å². The van der Waals surface area contributed by atoms with Crippen molar-refractivity contribution in [2.24, 2.45) is 0 Å². The summed E-state index contributed by atoms with van der Waals surface area (Å²) in [5.41, 5.74) is 7.19. The summed E-state index contributed by atoms with van der Waals surface area (Å²) in [5.74, 6) is 5.64. The average Bonchev–Trinajstić information content (AvgIpc) is 2.01. The van der Waals surface area contributed by atoms with E-state index in [-0.39, 0.29) is 0 Å². The molecule has 0 saturated carbocycles. The molecular weight excluding hydrogens is 134 g/mol. The summed E-state index contributed by atoms with van der Waals surface area (Å²) in [5, 5.41) is 0. The van der Waals surface area contributed by atoms with Crippen molar-refractivity contribution in [2.75, 3.05) is 5.73 Å². The van der Waals surface area contributed by atoms with Crippen molar-refractivity contribution in [1.29, 1.82) is 0 Å². The van der Waals surface area contributed by atoms with Crippen LogP contribution in [0.1, 0.15) is 5.56 Å². The van der Waals surface area contributed by atoms with Crippen molar-refractivity contribution in [3.05, 3.63) is 42.5 Å². The second-order valence-corrected chi connectivity index (χ2v) is 2.10. The molecule has 2 N–H and O–H groups in total. The number of benzene rings is 1. The maximum absolute atomic E-state index is 5.54. The molecule has 0 bridgehead atoms. The zero-order chi connectivity index (χ0) is 8.10. The van der Waals surface area contributed by atoms with Gasteiger partial charge in [0, 0.05) is 11.3 Å². The number of anilines is 1. The highest BCUT2D eigenvalue weighted by Gasteiger charge is 1.85. The first-order valence-electron chi connectivity index (χ1n) is 3.31. The van der Waals surface area contributed by atoms with Gasteiger partial charge in [0.15, 0.2) is 0 Å². The van der Waals surface area contributed by atoms with E-state index in [2.05, 4.69) is 18.4 Å². The summed E-state index contributed by atoms with van der Waals surface area (Å²) in [6.07, 6.45) is 1.56. The van der Waals surface area contributed by atoms with E-state index in [4.69, 9.17) is 5.73 Å². The summed E-state index contributed by atoms with van der Waals surface area (Å²) in [7, 11) is 0. The second-order valence-electron chi connectivity index (χ2n) is 2.10. The van der Waals surface area contributed by atoms with Crippen molar-refractivity contribution < 1.29 is 0 Å². The summed E-state index contributed by atoms with van der Waals surface area (Å²) in [6, 6.07) is 7.45. The smallest absolute Gasteiger partial charge is 0.0326 e. The van der Waals surface area contributed by atoms with Crippen LogP contribution >= 0.6 is 0 Å². The first-order chi connectivity index (χ1) is 5.33. The third-order valence-corrected chi connectivity index (χ3v) is 1.21. The quantitative estimate of drug-likeness (QED) is 0.435. The highest BCUT2D eigenvalue weighted by Crippen LogP contribution is 2.04. The van der Waals surface area contributed by atoms with Crippen LogP contribution < -0.4 is 5.73 Å². The van der Waals surface area contributed by atoms with Crippen molar-refractivity contribution in [3.8, 4) is 11.8 Å². The third kappa shape index (κ3) is 2.19. The molecule has 0 unspecified atom stereocenters. The summed E-state index contributed by atoms with van der Waals surface area (Å²) in [6.45, 7) is 3.49. The Hall–Kier alpha value is -1.68. The van der Waals surface area contributed by atoms with Gasteiger partial charge in [-0.1, -0.05) is 24.5 Å². The molecule has 0 radical (unpaired) electrons. The van der Waals surface area contributed by atoms with Gasteiger partial charge >= 0.3 is 0 Å². The molecule has 0 fully saturated rings. The number of nitrogens with two attached hydrogens (primary N) is 1.